The Labute approximate surface area is 83.8 Å². The first-order chi connectivity index (χ1) is 6.90. The maximum absolute atomic E-state index is 8.97. The quantitative estimate of drug-likeness (QED) is 0.779. The molecule has 72 valence electrons. The predicted octanol–water partition coefficient (Wildman–Crippen LogP) is 1.65. The Balaban J connectivity index is 1.95. The molecule has 2 rings (SSSR count). The van der Waals surface area contributed by atoms with Crippen molar-refractivity contribution in [1.82, 2.24) is 10.3 Å². The van der Waals surface area contributed by atoms with E-state index in [0.717, 1.165) is 18.0 Å². The maximum atomic E-state index is 8.97. The third-order valence-corrected chi connectivity index (χ3v) is 2.45. The van der Waals surface area contributed by atoms with Crippen molar-refractivity contribution < 1.29 is 0 Å². The molecule has 0 aromatic carbocycles. The van der Waals surface area contributed by atoms with Gasteiger partial charge in [-0.15, -0.1) is 0 Å². The minimum Gasteiger partial charge on any atom is -0.298 e. The zero-order chi connectivity index (χ0) is 9.80. The van der Waals surface area contributed by atoms with Crippen molar-refractivity contribution in [2.75, 3.05) is 6.54 Å². The molecular weight excluding hydrogens is 174 g/mol. The van der Waals surface area contributed by atoms with Crippen LogP contribution < -0.4 is 5.32 Å². The second-order valence-corrected chi connectivity index (χ2v) is 3.70. The van der Waals surface area contributed by atoms with Crippen molar-refractivity contribution in [3.8, 4) is 6.07 Å². The predicted molar refractivity (Wildman–Crippen MR) is 53.3 cm³/mol. The van der Waals surface area contributed by atoms with Gasteiger partial charge in [-0.2, -0.15) is 5.26 Å². The third-order valence-electron chi connectivity index (χ3n) is 2.45. The fraction of sp³-hybridized carbons (Fsp3) is 0.455. The normalized spacial score (nSPS) is 17.4. The number of nitrogens with zero attached hydrogens (tertiary/aromatic N) is 2. The first-order valence-corrected chi connectivity index (χ1v) is 4.93. The van der Waals surface area contributed by atoms with Gasteiger partial charge in [-0.05, 0) is 31.4 Å². The number of nitrogens with one attached hydrogen (secondary N) is 1. The lowest BCUT2D eigenvalue weighted by Crippen LogP contribution is -2.22. The molecule has 0 amide bonds. The highest BCUT2D eigenvalue weighted by Crippen LogP contribution is 2.28. The Morgan fingerprint density at radius 3 is 3.07 bits per heavy atom. The van der Waals surface area contributed by atoms with Crippen molar-refractivity contribution >= 4 is 0 Å². The second kappa shape index (κ2) is 4.21. The van der Waals surface area contributed by atoms with Gasteiger partial charge in [0.15, 0.2) is 0 Å². The zero-order valence-electron chi connectivity index (χ0n) is 7.98. The summed E-state index contributed by atoms with van der Waals surface area (Å²) in [5, 5.41) is 12.2. The van der Waals surface area contributed by atoms with Crippen LogP contribution in [-0.4, -0.2) is 11.5 Å². The summed E-state index contributed by atoms with van der Waals surface area (Å²) in [6, 6.07) is 5.84. The van der Waals surface area contributed by atoms with E-state index in [4.69, 9.17) is 5.26 Å². The number of nitriles is 1. The number of hydrogen-bond donors (Lipinski definition) is 1. The van der Waals surface area contributed by atoms with Gasteiger partial charge in [0.05, 0.1) is 6.07 Å². The average Bonchev–Trinajstić information content (AvgIpc) is 3.04. The van der Waals surface area contributed by atoms with Crippen molar-refractivity contribution in [1.29, 1.82) is 5.26 Å². The van der Waals surface area contributed by atoms with Gasteiger partial charge in [0.2, 0.25) is 0 Å². The highest BCUT2D eigenvalue weighted by atomic mass is 14.9. The van der Waals surface area contributed by atoms with E-state index in [1.807, 2.05) is 12.1 Å². The molecule has 1 aromatic heterocycles. The van der Waals surface area contributed by atoms with Crippen LogP contribution in [0.2, 0.25) is 0 Å². The Morgan fingerprint density at radius 1 is 1.64 bits per heavy atom. The van der Waals surface area contributed by atoms with E-state index in [1.54, 1.807) is 12.4 Å². The summed E-state index contributed by atoms with van der Waals surface area (Å²) in [5.74, 6) is 0.794. The van der Waals surface area contributed by atoms with E-state index in [0.29, 0.717) is 0 Å². The molecule has 0 aliphatic heterocycles. The summed E-state index contributed by atoms with van der Waals surface area (Å²) in [7, 11) is 0. The monoisotopic (exact) mass is 187 g/mol. The van der Waals surface area contributed by atoms with Crippen molar-refractivity contribution in [2.24, 2.45) is 5.92 Å². The van der Waals surface area contributed by atoms with Gasteiger partial charge in [-0.3, -0.25) is 10.3 Å². The van der Waals surface area contributed by atoms with E-state index in [1.165, 1.54) is 12.8 Å². The molecule has 1 atom stereocenters. The Bertz CT molecular complexity index is 324. The standard InChI is InChI=1S/C11H13N3/c12-6-11(14-7-9-3-4-9)10-2-1-5-13-8-10/h1-2,5,8-9,11,14H,3-4,7H2. The Kier molecular flexibility index (Phi) is 2.76. The van der Waals surface area contributed by atoms with Gasteiger partial charge < -0.3 is 0 Å². The SMILES string of the molecule is N#CC(NCC1CC1)c1cccnc1. The minimum absolute atomic E-state index is 0.204. The van der Waals surface area contributed by atoms with E-state index >= 15 is 0 Å². The largest absolute Gasteiger partial charge is 0.298 e. The first-order valence-electron chi connectivity index (χ1n) is 4.93. The lowest BCUT2D eigenvalue weighted by molar-refractivity contribution is 0.591. The number of hydrogen-bond acceptors (Lipinski definition) is 3. The van der Waals surface area contributed by atoms with Crippen LogP contribution in [0, 0.1) is 17.2 Å². The molecule has 14 heavy (non-hydrogen) atoms. The molecule has 0 bridgehead atoms. The van der Waals surface area contributed by atoms with Gasteiger partial charge >= 0.3 is 0 Å². The molecular formula is C11H13N3. The third kappa shape index (κ3) is 2.30. The maximum Gasteiger partial charge on any atom is 0.122 e. The van der Waals surface area contributed by atoms with Gasteiger partial charge in [0.25, 0.3) is 0 Å². The van der Waals surface area contributed by atoms with Gasteiger partial charge in [0.1, 0.15) is 6.04 Å². The molecule has 0 spiro atoms. The fourth-order valence-electron chi connectivity index (χ4n) is 1.39. The number of pyridine rings is 1. The van der Waals surface area contributed by atoms with E-state index in [2.05, 4.69) is 16.4 Å². The van der Waals surface area contributed by atoms with Crippen LogP contribution in [-0.2, 0) is 0 Å². The highest BCUT2D eigenvalue weighted by Gasteiger charge is 2.22. The molecule has 0 saturated heterocycles. The molecule has 1 unspecified atom stereocenters. The van der Waals surface area contributed by atoms with E-state index < -0.39 is 0 Å². The molecule has 0 radical (unpaired) electrons. The molecule has 3 heteroatoms. The van der Waals surface area contributed by atoms with Crippen molar-refractivity contribution in [3.05, 3.63) is 30.1 Å². The van der Waals surface area contributed by atoms with E-state index in [-0.39, 0.29) is 6.04 Å². The Morgan fingerprint density at radius 2 is 2.50 bits per heavy atom. The molecule has 1 aliphatic carbocycles. The van der Waals surface area contributed by atoms with Crippen LogP contribution in [0.5, 0.6) is 0 Å². The molecule has 3 nitrogen and oxygen atoms in total. The average molecular weight is 187 g/mol. The lowest BCUT2D eigenvalue weighted by Gasteiger charge is -2.10. The zero-order valence-corrected chi connectivity index (χ0v) is 7.98. The van der Waals surface area contributed by atoms with Crippen LogP contribution in [0.3, 0.4) is 0 Å². The highest BCUT2D eigenvalue weighted by molar-refractivity contribution is 5.19. The second-order valence-electron chi connectivity index (χ2n) is 3.70. The van der Waals surface area contributed by atoms with Crippen molar-refractivity contribution in [2.45, 2.75) is 18.9 Å². The van der Waals surface area contributed by atoms with Crippen molar-refractivity contribution in [3.63, 3.8) is 0 Å². The summed E-state index contributed by atoms with van der Waals surface area (Å²) in [6.45, 7) is 0.952. The fourth-order valence-corrected chi connectivity index (χ4v) is 1.39. The van der Waals surface area contributed by atoms with Gasteiger partial charge in [0, 0.05) is 18.0 Å². The van der Waals surface area contributed by atoms with Crippen LogP contribution in [0.1, 0.15) is 24.4 Å². The molecule has 1 fully saturated rings. The lowest BCUT2D eigenvalue weighted by atomic mass is 10.1. The summed E-state index contributed by atoms with van der Waals surface area (Å²) in [6.07, 6.45) is 6.07. The topological polar surface area (TPSA) is 48.7 Å². The molecule has 1 N–H and O–H groups in total. The smallest absolute Gasteiger partial charge is 0.122 e. The Hall–Kier alpha value is -1.40. The first kappa shape index (κ1) is 9.17. The summed E-state index contributed by atoms with van der Waals surface area (Å²) in [5.41, 5.74) is 0.954. The van der Waals surface area contributed by atoms with Gasteiger partial charge in [-0.25, -0.2) is 0 Å². The molecule has 1 saturated carbocycles. The van der Waals surface area contributed by atoms with E-state index in [9.17, 15) is 0 Å². The van der Waals surface area contributed by atoms with Gasteiger partial charge in [-0.1, -0.05) is 6.07 Å². The summed E-state index contributed by atoms with van der Waals surface area (Å²) >= 11 is 0. The molecule has 1 aliphatic rings. The molecule has 1 aromatic rings. The summed E-state index contributed by atoms with van der Waals surface area (Å²) < 4.78 is 0. The number of rotatable bonds is 4. The minimum atomic E-state index is -0.204. The van der Waals surface area contributed by atoms with Crippen LogP contribution in [0.15, 0.2) is 24.5 Å². The number of aromatic nitrogens is 1. The summed E-state index contributed by atoms with van der Waals surface area (Å²) in [4.78, 5) is 4.01. The van der Waals surface area contributed by atoms with Crippen LogP contribution in [0.4, 0.5) is 0 Å². The van der Waals surface area contributed by atoms with Crippen LogP contribution >= 0.6 is 0 Å². The molecule has 1 heterocycles. The van der Waals surface area contributed by atoms with Crippen LogP contribution in [0.25, 0.3) is 0 Å².